The molecule has 1 aliphatic rings. The summed E-state index contributed by atoms with van der Waals surface area (Å²) in [6, 6.07) is 11.3. The van der Waals surface area contributed by atoms with Crippen molar-refractivity contribution >= 4 is 5.91 Å². The van der Waals surface area contributed by atoms with Gasteiger partial charge in [0.15, 0.2) is 5.82 Å². The maximum Gasteiger partial charge on any atom is 0.224 e. The van der Waals surface area contributed by atoms with Crippen molar-refractivity contribution in [2.45, 2.75) is 18.9 Å². The van der Waals surface area contributed by atoms with E-state index >= 15 is 0 Å². The lowest BCUT2D eigenvalue weighted by Gasteiger charge is -2.01. The van der Waals surface area contributed by atoms with E-state index in [-0.39, 0.29) is 17.7 Å². The number of carbonyl (C=O) groups is 1. The highest BCUT2D eigenvalue weighted by Gasteiger charge is 2.45. The second kappa shape index (κ2) is 6.43. The number of hydrogen-bond acceptors (Lipinski definition) is 5. The molecule has 2 heterocycles. The molecular weight excluding hydrogens is 320 g/mol. The Hall–Kier alpha value is -3.09. The zero-order chi connectivity index (χ0) is 17.2. The quantitative estimate of drug-likeness (QED) is 0.720. The minimum atomic E-state index is -0.0184. The van der Waals surface area contributed by atoms with Gasteiger partial charge in [-0.15, -0.1) is 0 Å². The van der Waals surface area contributed by atoms with Gasteiger partial charge in [-0.3, -0.25) is 9.89 Å². The van der Waals surface area contributed by atoms with Gasteiger partial charge >= 0.3 is 0 Å². The van der Waals surface area contributed by atoms with Crippen molar-refractivity contribution in [2.75, 3.05) is 7.11 Å². The van der Waals surface area contributed by atoms with Crippen LogP contribution in [0.25, 0.3) is 11.4 Å². The van der Waals surface area contributed by atoms with Crippen LogP contribution >= 0.6 is 0 Å². The smallest absolute Gasteiger partial charge is 0.224 e. The molecule has 7 nitrogen and oxygen atoms in total. The lowest BCUT2D eigenvalue weighted by atomic mass is 10.2. The molecule has 3 aromatic rings. The predicted octanol–water partition coefficient (Wildman–Crippen LogP) is 2.49. The number of carbonyl (C=O) groups excluding carboxylic acids is 1. The average molecular weight is 338 g/mol. The number of methoxy groups -OCH3 is 1. The highest BCUT2D eigenvalue weighted by Crippen LogP contribution is 2.47. The van der Waals surface area contributed by atoms with Gasteiger partial charge in [0, 0.05) is 17.4 Å². The standard InChI is InChI=1S/C18H18N4O3/c1-24-12-6-4-11(5-7-12)17-20-16(21-22-17)10-19-18(23)14-9-13(14)15-3-2-8-25-15/h2-8,13-14H,9-10H2,1H3,(H,19,23)(H,20,21,22)/t13-,14+/m1/s1. The molecule has 0 saturated heterocycles. The first-order valence-corrected chi connectivity index (χ1v) is 8.11. The van der Waals surface area contributed by atoms with E-state index in [2.05, 4.69) is 20.5 Å². The molecule has 128 valence electrons. The molecule has 2 aromatic heterocycles. The third-order valence-corrected chi connectivity index (χ3v) is 4.35. The summed E-state index contributed by atoms with van der Waals surface area (Å²) >= 11 is 0. The van der Waals surface area contributed by atoms with Crippen LogP contribution in [-0.4, -0.2) is 28.2 Å². The van der Waals surface area contributed by atoms with Crippen molar-refractivity contribution in [1.82, 2.24) is 20.5 Å². The molecular formula is C18H18N4O3. The molecule has 1 aromatic carbocycles. The van der Waals surface area contributed by atoms with Gasteiger partial charge < -0.3 is 14.5 Å². The Labute approximate surface area is 144 Å². The van der Waals surface area contributed by atoms with Crippen molar-refractivity contribution in [3.8, 4) is 17.1 Å². The Balaban J connectivity index is 1.33. The lowest BCUT2D eigenvalue weighted by molar-refractivity contribution is -0.122. The number of amides is 1. The Morgan fingerprint density at radius 1 is 1.36 bits per heavy atom. The Morgan fingerprint density at radius 2 is 2.20 bits per heavy atom. The number of aromatic amines is 1. The second-order valence-corrected chi connectivity index (χ2v) is 6.02. The normalized spacial score (nSPS) is 18.8. The Bertz CT molecular complexity index is 855. The molecule has 0 bridgehead atoms. The molecule has 4 rings (SSSR count). The molecule has 1 saturated carbocycles. The monoisotopic (exact) mass is 338 g/mol. The van der Waals surface area contributed by atoms with Gasteiger partial charge in [0.1, 0.15) is 17.3 Å². The van der Waals surface area contributed by atoms with Crippen molar-refractivity contribution in [1.29, 1.82) is 0 Å². The number of aromatic nitrogens is 3. The fraction of sp³-hybridized carbons (Fsp3) is 0.278. The molecule has 1 amide bonds. The van der Waals surface area contributed by atoms with Gasteiger partial charge in [0.25, 0.3) is 0 Å². The van der Waals surface area contributed by atoms with Gasteiger partial charge in [0.2, 0.25) is 5.91 Å². The molecule has 0 unspecified atom stereocenters. The van der Waals surface area contributed by atoms with Crippen LogP contribution in [-0.2, 0) is 11.3 Å². The number of nitrogens with one attached hydrogen (secondary N) is 2. The van der Waals surface area contributed by atoms with Crippen LogP contribution < -0.4 is 10.1 Å². The van der Waals surface area contributed by atoms with Crippen LogP contribution in [0.2, 0.25) is 0 Å². The fourth-order valence-corrected chi connectivity index (χ4v) is 2.85. The van der Waals surface area contributed by atoms with Gasteiger partial charge in [-0.25, -0.2) is 4.98 Å². The highest BCUT2D eigenvalue weighted by molar-refractivity contribution is 5.82. The van der Waals surface area contributed by atoms with Gasteiger partial charge in [-0.1, -0.05) is 0 Å². The number of furan rings is 1. The zero-order valence-electron chi connectivity index (χ0n) is 13.7. The van der Waals surface area contributed by atoms with Crippen molar-refractivity contribution in [3.63, 3.8) is 0 Å². The summed E-state index contributed by atoms with van der Waals surface area (Å²) in [7, 11) is 1.62. The molecule has 1 aliphatic carbocycles. The van der Waals surface area contributed by atoms with Crippen LogP contribution in [0.15, 0.2) is 47.1 Å². The average Bonchev–Trinajstić information content (AvgIpc) is 3.06. The minimum absolute atomic E-state index is 0.0174. The van der Waals surface area contributed by atoms with E-state index in [9.17, 15) is 4.79 Å². The van der Waals surface area contributed by atoms with E-state index < -0.39 is 0 Å². The second-order valence-electron chi connectivity index (χ2n) is 6.02. The van der Waals surface area contributed by atoms with E-state index in [0.29, 0.717) is 18.2 Å². The maximum atomic E-state index is 12.2. The summed E-state index contributed by atoms with van der Waals surface area (Å²) < 4.78 is 10.5. The Kier molecular flexibility index (Phi) is 3.97. The summed E-state index contributed by atoms with van der Waals surface area (Å²) in [6.07, 6.45) is 2.46. The number of rotatable bonds is 6. The first-order valence-electron chi connectivity index (χ1n) is 8.11. The van der Waals surface area contributed by atoms with Gasteiger partial charge in [0.05, 0.1) is 19.9 Å². The number of hydrogen-bond donors (Lipinski definition) is 2. The summed E-state index contributed by atoms with van der Waals surface area (Å²) in [4.78, 5) is 16.6. The third kappa shape index (κ3) is 3.26. The van der Waals surface area contributed by atoms with E-state index in [1.54, 1.807) is 13.4 Å². The van der Waals surface area contributed by atoms with Crippen molar-refractivity contribution in [3.05, 3.63) is 54.2 Å². The van der Waals surface area contributed by atoms with E-state index in [1.807, 2.05) is 36.4 Å². The number of H-pyrrole nitrogens is 1. The number of ether oxygens (including phenoxy) is 1. The zero-order valence-corrected chi connectivity index (χ0v) is 13.7. The fourth-order valence-electron chi connectivity index (χ4n) is 2.85. The molecule has 25 heavy (non-hydrogen) atoms. The molecule has 0 radical (unpaired) electrons. The molecule has 7 heteroatoms. The number of benzene rings is 1. The maximum absolute atomic E-state index is 12.2. The van der Waals surface area contributed by atoms with Crippen LogP contribution in [0.1, 0.15) is 23.9 Å². The number of nitrogens with zero attached hydrogens (tertiary/aromatic N) is 2. The van der Waals surface area contributed by atoms with E-state index in [1.165, 1.54) is 0 Å². The van der Waals surface area contributed by atoms with Crippen molar-refractivity contribution < 1.29 is 13.9 Å². The van der Waals surface area contributed by atoms with Crippen LogP contribution in [0, 0.1) is 5.92 Å². The molecule has 1 fully saturated rings. The molecule has 2 N–H and O–H groups in total. The highest BCUT2D eigenvalue weighted by atomic mass is 16.5. The Morgan fingerprint density at radius 3 is 2.92 bits per heavy atom. The van der Waals surface area contributed by atoms with Crippen molar-refractivity contribution in [2.24, 2.45) is 5.92 Å². The SMILES string of the molecule is COc1ccc(-c2n[nH]c(CNC(=O)[C@H]3C[C@H]3c3ccco3)n2)cc1. The summed E-state index contributed by atoms with van der Waals surface area (Å²) in [5.41, 5.74) is 0.884. The van der Waals surface area contributed by atoms with E-state index in [0.717, 1.165) is 23.5 Å². The first-order chi connectivity index (χ1) is 12.2. The topological polar surface area (TPSA) is 93.0 Å². The summed E-state index contributed by atoms with van der Waals surface area (Å²) in [5.74, 6) is 3.06. The molecule has 0 aliphatic heterocycles. The molecule has 0 spiro atoms. The van der Waals surface area contributed by atoms with E-state index in [4.69, 9.17) is 9.15 Å². The summed E-state index contributed by atoms with van der Waals surface area (Å²) in [5, 5.41) is 9.95. The van der Waals surface area contributed by atoms with Crippen LogP contribution in [0.3, 0.4) is 0 Å². The minimum Gasteiger partial charge on any atom is -0.497 e. The van der Waals surface area contributed by atoms with Gasteiger partial charge in [-0.2, -0.15) is 5.10 Å². The predicted molar refractivity (Wildman–Crippen MR) is 89.8 cm³/mol. The molecule has 2 atom stereocenters. The van der Waals surface area contributed by atoms with Gasteiger partial charge in [-0.05, 0) is 42.8 Å². The third-order valence-electron chi connectivity index (χ3n) is 4.35. The largest absolute Gasteiger partial charge is 0.497 e. The summed E-state index contributed by atoms with van der Waals surface area (Å²) in [6.45, 7) is 0.323. The van der Waals surface area contributed by atoms with Crippen LogP contribution in [0.4, 0.5) is 0 Å². The van der Waals surface area contributed by atoms with Crippen LogP contribution in [0.5, 0.6) is 5.75 Å². The lowest BCUT2D eigenvalue weighted by Crippen LogP contribution is -2.25. The first kappa shape index (κ1) is 15.4.